The molecular weight excluding hydrogens is 334 g/mol. The van der Waals surface area contributed by atoms with E-state index in [2.05, 4.69) is 5.32 Å². The van der Waals surface area contributed by atoms with Crippen LogP contribution in [0.4, 0.5) is 0 Å². The maximum atomic E-state index is 12.9. The Labute approximate surface area is 156 Å². The fraction of sp³-hybridized carbons (Fsp3) is 0.0417. The normalized spacial score (nSPS) is 19.1. The molecule has 1 aliphatic heterocycles. The van der Waals surface area contributed by atoms with E-state index < -0.39 is 5.54 Å². The molecule has 1 aliphatic rings. The summed E-state index contributed by atoms with van der Waals surface area (Å²) in [5.41, 5.74) is 2.48. The third-order valence-corrected chi connectivity index (χ3v) is 5.04. The number of nitrogens with one attached hydrogen (secondary N) is 1. The summed E-state index contributed by atoms with van der Waals surface area (Å²) in [5, 5.41) is 4.20. The van der Waals surface area contributed by atoms with Crippen molar-refractivity contribution in [1.29, 1.82) is 0 Å². The fourth-order valence-electron chi connectivity index (χ4n) is 3.70. The summed E-state index contributed by atoms with van der Waals surface area (Å²) in [4.78, 5) is 12.9. The van der Waals surface area contributed by atoms with Crippen molar-refractivity contribution >= 4 is 22.4 Å². The summed E-state index contributed by atoms with van der Waals surface area (Å²) < 4.78 is 6.18. The fourth-order valence-corrected chi connectivity index (χ4v) is 3.70. The molecule has 4 aromatic rings. The van der Waals surface area contributed by atoms with Crippen LogP contribution < -0.4 is 5.32 Å². The molecule has 130 valence electrons. The molecule has 1 unspecified atom stereocenters. The molecule has 27 heavy (non-hydrogen) atoms. The predicted octanol–water partition coefficient (Wildman–Crippen LogP) is 4.89. The standard InChI is InChI=1S/C24H17NO2/c26-23-20(17-9-3-1-4-10-17)16-24(25-23,19-12-5-2-6-13-19)22-15-18-11-7-8-14-21(18)27-22/h1-16H,(H,25,26). The molecule has 3 heteroatoms. The van der Waals surface area contributed by atoms with Gasteiger partial charge in [0.1, 0.15) is 16.9 Å². The first kappa shape index (κ1) is 15.6. The van der Waals surface area contributed by atoms with E-state index in [0.717, 1.165) is 22.1 Å². The highest BCUT2D eigenvalue weighted by molar-refractivity contribution is 6.22. The lowest BCUT2D eigenvalue weighted by atomic mass is 9.87. The zero-order valence-electron chi connectivity index (χ0n) is 14.6. The molecule has 0 saturated carbocycles. The molecule has 3 aromatic carbocycles. The van der Waals surface area contributed by atoms with Crippen LogP contribution in [-0.4, -0.2) is 5.91 Å². The molecule has 0 bridgehead atoms. The first-order valence-corrected chi connectivity index (χ1v) is 8.92. The van der Waals surface area contributed by atoms with Crippen LogP contribution in [0, 0.1) is 0 Å². The van der Waals surface area contributed by atoms with Crippen LogP contribution in [0.25, 0.3) is 16.5 Å². The Bertz CT molecular complexity index is 1130. The molecule has 5 rings (SSSR count). The molecule has 1 atom stereocenters. The van der Waals surface area contributed by atoms with Crippen LogP contribution in [0.2, 0.25) is 0 Å². The molecule has 1 amide bonds. The highest BCUT2D eigenvalue weighted by Gasteiger charge is 2.43. The van der Waals surface area contributed by atoms with Crippen molar-refractivity contribution in [3.05, 3.63) is 114 Å². The monoisotopic (exact) mass is 351 g/mol. The molecule has 0 aliphatic carbocycles. The Kier molecular flexibility index (Phi) is 3.47. The van der Waals surface area contributed by atoms with Gasteiger partial charge in [-0.15, -0.1) is 0 Å². The van der Waals surface area contributed by atoms with Gasteiger partial charge in [0.25, 0.3) is 5.91 Å². The Morgan fingerprint density at radius 2 is 1.44 bits per heavy atom. The number of hydrogen-bond acceptors (Lipinski definition) is 2. The first-order valence-electron chi connectivity index (χ1n) is 8.92. The summed E-state index contributed by atoms with van der Waals surface area (Å²) in [6, 6.07) is 29.5. The highest BCUT2D eigenvalue weighted by atomic mass is 16.3. The first-order chi connectivity index (χ1) is 13.3. The summed E-state index contributed by atoms with van der Waals surface area (Å²) in [5.74, 6) is 0.597. The van der Waals surface area contributed by atoms with Gasteiger partial charge in [0.2, 0.25) is 0 Å². The topological polar surface area (TPSA) is 42.2 Å². The average molecular weight is 351 g/mol. The molecule has 0 saturated heterocycles. The van der Waals surface area contributed by atoms with Crippen LogP contribution in [0.15, 0.2) is 101 Å². The summed E-state index contributed by atoms with van der Waals surface area (Å²) in [6.45, 7) is 0. The Morgan fingerprint density at radius 1 is 0.778 bits per heavy atom. The number of amides is 1. The Balaban J connectivity index is 1.76. The van der Waals surface area contributed by atoms with E-state index in [9.17, 15) is 4.79 Å². The zero-order chi connectivity index (χ0) is 18.3. The van der Waals surface area contributed by atoms with E-state index in [1.54, 1.807) is 0 Å². The van der Waals surface area contributed by atoms with Crippen LogP contribution >= 0.6 is 0 Å². The van der Waals surface area contributed by atoms with Gasteiger partial charge in [-0.2, -0.15) is 0 Å². The number of benzene rings is 3. The van der Waals surface area contributed by atoms with Gasteiger partial charge in [-0.05, 0) is 29.3 Å². The molecule has 0 spiro atoms. The van der Waals surface area contributed by atoms with Crippen LogP contribution in [0.3, 0.4) is 0 Å². The van der Waals surface area contributed by atoms with Crippen molar-refractivity contribution in [3.8, 4) is 0 Å². The highest BCUT2D eigenvalue weighted by Crippen LogP contribution is 2.40. The Hall–Kier alpha value is -3.59. The second-order valence-corrected chi connectivity index (χ2v) is 6.70. The van der Waals surface area contributed by atoms with Crippen molar-refractivity contribution in [1.82, 2.24) is 5.32 Å². The number of para-hydroxylation sites is 1. The minimum Gasteiger partial charge on any atom is -0.458 e. The van der Waals surface area contributed by atoms with Crippen molar-refractivity contribution < 1.29 is 9.21 Å². The van der Waals surface area contributed by atoms with Gasteiger partial charge in [0.05, 0.1) is 0 Å². The molecule has 0 radical (unpaired) electrons. The average Bonchev–Trinajstić information content (AvgIpc) is 3.31. The number of hydrogen-bond donors (Lipinski definition) is 1. The predicted molar refractivity (Wildman–Crippen MR) is 106 cm³/mol. The summed E-state index contributed by atoms with van der Waals surface area (Å²) in [6.07, 6.45) is 1.98. The van der Waals surface area contributed by atoms with Crippen molar-refractivity contribution in [2.75, 3.05) is 0 Å². The molecule has 1 N–H and O–H groups in total. The minimum atomic E-state index is -0.831. The van der Waals surface area contributed by atoms with Gasteiger partial charge in [0, 0.05) is 11.0 Å². The lowest BCUT2D eigenvalue weighted by Gasteiger charge is -2.26. The van der Waals surface area contributed by atoms with Crippen molar-refractivity contribution in [3.63, 3.8) is 0 Å². The lowest BCUT2D eigenvalue weighted by molar-refractivity contribution is -0.116. The van der Waals surface area contributed by atoms with Gasteiger partial charge in [-0.25, -0.2) is 0 Å². The second kappa shape index (κ2) is 5.99. The molecule has 0 fully saturated rings. The molecular formula is C24H17NO2. The van der Waals surface area contributed by atoms with E-state index in [1.807, 2.05) is 97.1 Å². The van der Waals surface area contributed by atoms with E-state index in [0.29, 0.717) is 11.3 Å². The van der Waals surface area contributed by atoms with Gasteiger partial charge in [-0.3, -0.25) is 4.79 Å². The van der Waals surface area contributed by atoms with E-state index in [-0.39, 0.29) is 5.91 Å². The van der Waals surface area contributed by atoms with Gasteiger partial charge >= 0.3 is 0 Å². The molecule has 1 aromatic heterocycles. The van der Waals surface area contributed by atoms with Gasteiger partial charge in [-0.1, -0.05) is 78.9 Å². The van der Waals surface area contributed by atoms with E-state index >= 15 is 0 Å². The Morgan fingerprint density at radius 3 is 2.19 bits per heavy atom. The summed E-state index contributed by atoms with van der Waals surface area (Å²) in [7, 11) is 0. The molecule has 2 heterocycles. The van der Waals surface area contributed by atoms with Crippen LogP contribution in [0.1, 0.15) is 16.9 Å². The number of furan rings is 1. The number of fused-ring (bicyclic) bond motifs is 1. The third-order valence-electron chi connectivity index (χ3n) is 5.04. The van der Waals surface area contributed by atoms with Crippen molar-refractivity contribution in [2.45, 2.75) is 5.54 Å². The quantitative estimate of drug-likeness (QED) is 0.571. The minimum absolute atomic E-state index is 0.106. The second-order valence-electron chi connectivity index (χ2n) is 6.70. The van der Waals surface area contributed by atoms with E-state index in [1.165, 1.54) is 0 Å². The van der Waals surface area contributed by atoms with Crippen LogP contribution in [-0.2, 0) is 10.3 Å². The van der Waals surface area contributed by atoms with Crippen molar-refractivity contribution in [2.24, 2.45) is 0 Å². The maximum Gasteiger partial charge on any atom is 0.252 e. The maximum absolute atomic E-state index is 12.9. The third kappa shape index (κ3) is 2.48. The van der Waals surface area contributed by atoms with Crippen LogP contribution in [0.5, 0.6) is 0 Å². The zero-order valence-corrected chi connectivity index (χ0v) is 14.6. The molecule has 3 nitrogen and oxygen atoms in total. The SMILES string of the molecule is O=C1NC(c2ccccc2)(c2cc3ccccc3o2)C=C1c1ccccc1. The number of carbonyl (C=O) groups is 1. The lowest BCUT2D eigenvalue weighted by Crippen LogP contribution is -2.40. The number of rotatable bonds is 3. The van der Waals surface area contributed by atoms with Gasteiger partial charge < -0.3 is 9.73 Å². The van der Waals surface area contributed by atoms with Gasteiger partial charge in [0.15, 0.2) is 0 Å². The number of carbonyl (C=O) groups excluding carboxylic acids is 1. The summed E-state index contributed by atoms with van der Waals surface area (Å²) >= 11 is 0. The van der Waals surface area contributed by atoms with E-state index in [4.69, 9.17) is 4.42 Å². The smallest absolute Gasteiger partial charge is 0.252 e. The largest absolute Gasteiger partial charge is 0.458 e.